The van der Waals surface area contributed by atoms with Gasteiger partial charge < -0.3 is 19.7 Å². The Balaban J connectivity index is 1.38. The first-order valence-electron chi connectivity index (χ1n) is 10.4. The number of fused-ring (bicyclic) bond motifs is 2. The molecule has 9 nitrogen and oxygen atoms in total. The molecule has 0 radical (unpaired) electrons. The third-order valence-electron chi connectivity index (χ3n) is 5.80. The number of carbonyl (C=O) groups excluding carboxylic acids is 2. The van der Waals surface area contributed by atoms with Gasteiger partial charge in [0.2, 0.25) is 5.82 Å². The lowest BCUT2D eigenvalue weighted by molar-refractivity contribution is -0.120. The topological polar surface area (TPSA) is 98.1 Å². The Morgan fingerprint density at radius 2 is 1.94 bits per heavy atom. The van der Waals surface area contributed by atoms with Crippen LogP contribution in [0.4, 0.5) is 5.69 Å². The Hall–Kier alpha value is -3.46. The van der Waals surface area contributed by atoms with Gasteiger partial charge in [-0.05, 0) is 37.1 Å². The molecular formula is C22H23N5O4. The van der Waals surface area contributed by atoms with Crippen molar-refractivity contribution in [2.24, 2.45) is 0 Å². The smallest absolute Gasteiger partial charge is 0.291 e. The highest BCUT2D eigenvalue weighted by molar-refractivity contribution is 6.02. The molecule has 9 heteroatoms. The Labute approximate surface area is 179 Å². The van der Waals surface area contributed by atoms with Gasteiger partial charge in [-0.2, -0.15) is 0 Å². The van der Waals surface area contributed by atoms with Gasteiger partial charge in [0.25, 0.3) is 11.8 Å². The van der Waals surface area contributed by atoms with Gasteiger partial charge >= 0.3 is 0 Å². The van der Waals surface area contributed by atoms with Gasteiger partial charge in [-0.3, -0.25) is 9.59 Å². The molecule has 0 bridgehead atoms. The molecule has 160 valence electrons. The monoisotopic (exact) mass is 421 g/mol. The molecule has 5 rings (SSSR count). The van der Waals surface area contributed by atoms with Crippen LogP contribution in [-0.4, -0.2) is 59.3 Å². The average Bonchev–Trinajstić information content (AvgIpc) is 3.22. The van der Waals surface area contributed by atoms with E-state index in [-0.39, 0.29) is 18.3 Å². The zero-order chi connectivity index (χ0) is 21.4. The largest absolute Gasteiger partial charge is 0.489 e. The number of amides is 2. The van der Waals surface area contributed by atoms with E-state index in [2.05, 4.69) is 15.4 Å². The highest BCUT2D eigenvalue weighted by atomic mass is 16.5. The first-order valence-corrected chi connectivity index (χ1v) is 10.4. The maximum Gasteiger partial charge on any atom is 0.291 e. The van der Waals surface area contributed by atoms with E-state index in [4.69, 9.17) is 9.47 Å². The zero-order valence-electron chi connectivity index (χ0n) is 17.2. The number of pyridine rings is 1. The van der Waals surface area contributed by atoms with Crippen LogP contribution in [0, 0.1) is 0 Å². The maximum atomic E-state index is 12.9. The van der Waals surface area contributed by atoms with Crippen molar-refractivity contribution < 1.29 is 19.1 Å². The van der Waals surface area contributed by atoms with Crippen molar-refractivity contribution in [2.45, 2.75) is 24.8 Å². The molecule has 4 heterocycles. The Kier molecular flexibility index (Phi) is 5.03. The fraction of sp³-hybridized carbons (Fsp3) is 0.364. The minimum Gasteiger partial charge on any atom is -0.489 e. The maximum absolute atomic E-state index is 12.9. The first-order chi connectivity index (χ1) is 15.1. The molecule has 1 atom stereocenters. The lowest BCUT2D eigenvalue weighted by atomic mass is 9.96. The summed E-state index contributed by atoms with van der Waals surface area (Å²) in [5.41, 5.74) is 2.27. The number of carbonyl (C=O) groups is 2. The summed E-state index contributed by atoms with van der Waals surface area (Å²) in [7, 11) is 1.67. The van der Waals surface area contributed by atoms with Gasteiger partial charge in [0.1, 0.15) is 18.4 Å². The minimum atomic E-state index is -0.841. The van der Waals surface area contributed by atoms with Crippen LogP contribution in [0.1, 0.15) is 35.1 Å². The summed E-state index contributed by atoms with van der Waals surface area (Å²) in [5, 5.41) is 7.18. The van der Waals surface area contributed by atoms with Crippen LogP contribution in [0.5, 0.6) is 5.75 Å². The van der Waals surface area contributed by atoms with Gasteiger partial charge in [-0.25, -0.2) is 9.50 Å². The van der Waals surface area contributed by atoms with Crippen molar-refractivity contribution in [3.63, 3.8) is 0 Å². The number of hydrogen-bond donors (Lipinski definition) is 1. The highest BCUT2D eigenvalue weighted by Crippen LogP contribution is 2.30. The molecule has 1 N–H and O–H groups in total. The number of nitrogens with zero attached hydrogens (tertiary/aromatic N) is 4. The van der Waals surface area contributed by atoms with Crippen LogP contribution < -0.4 is 15.0 Å². The van der Waals surface area contributed by atoms with Crippen LogP contribution in [0.15, 0.2) is 42.5 Å². The SMILES string of the molecule is CN1C(=O)[C@@H](NC(=O)c2nc3cccc(C4CCOCC4)n3n2)COc2ccccc21. The van der Waals surface area contributed by atoms with Crippen LogP contribution in [0.3, 0.4) is 0 Å². The molecule has 0 saturated carbocycles. The fourth-order valence-corrected chi connectivity index (χ4v) is 4.10. The molecule has 3 aromatic rings. The summed E-state index contributed by atoms with van der Waals surface area (Å²) in [6.07, 6.45) is 1.81. The molecule has 1 fully saturated rings. The van der Waals surface area contributed by atoms with Crippen LogP contribution in [0.2, 0.25) is 0 Å². The number of aromatic nitrogens is 3. The van der Waals surface area contributed by atoms with E-state index in [1.165, 1.54) is 4.90 Å². The Bertz CT molecular complexity index is 1140. The average molecular weight is 421 g/mol. The van der Waals surface area contributed by atoms with E-state index >= 15 is 0 Å². The van der Waals surface area contributed by atoms with Crippen molar-refractivity contribution in [1.29, 1.82) is 0 Å². The standard InChI is InChI=1S/C22H23N5O4/c1-26-17-5-2-3-7-18(17)31-13-15(22(26)29)23-21(28)20-24-19-8-4-6-16(27(19)25-20)14-9-11-30-12-10-14/h2-8,14-15H,9-13H2,1H3,(H,23,28)/t15-/m0/s1. The summed E-state index contributed by atoms with van der Waals surface area (Å²) >= 11 is 0. The second kappa shape index (κ2) is 7.99. The molecule has 0 aliphatic carbocycles. The predicted octanol–water partition coefficient (Wildman–Crippen LogP) is 1.78. The Morgan fingerprint density at radius 3 is 2.77 bits per heavy atom. The summed E-state index contributed by atoms with van der Waals surface area (Å²) in [6, 6.07) is 12.2. The molecule has 0 spiro atoms. The molecule has 2 aromatic heterocycles. The van der Waals surface area contributed by atoms with Crippen LogP contribution in [-0.2, 0) is 9.53 Å². The van der Waals surface area contributed by atoms with E-state index in [0.29, 0.717) is 36.2 Å². The molecule has 2 aliphatic rings. The van der Waals surface area contributed by atoms with E-state index in [9.17, 15) is 9.59 Å². The van der Waals surface area contributed by atoms with E-state index in [1.807, 2.05) is 30.3 Å². The predicted molar refractivity (Wildman–Crippen MR) is 112 cm³/mol. The van der Waals surface area contributed by atoms with Crippen molar-refractivity contribution in [2.75, 3.05) is 31.8 Å². The quantitative estimate of drug-likeness (QED) is 0.692. The number of ether oxygens (including phenoxy) is 2. The highest BCUT2D eigenvalue weighted by Gasteiger charge is 2.31. The third kappa shape index (κ3) is 3.61. The number of nitrogens with one attached hydrogen (secondary N) is 1. The molecule has 0 unspecified atom stereocenters. The van der Waals surface area contributed by atoms with Gasteiger partial charge in [0.05, 0.1) is 5.69 Å². The molecular weight excluding hydrogens is 398 g/mol. The van der Waals surface area contributed by atoms with E-state index in [0.717, 1.165) is 18.5 Å². The number of anilines is 1. The number of rotatable bonds is 3. The number of hydrogen-bond acceptors (Lipinski definition) is 6. The van der Waals surface area contributed by atoms with Crippen molar-refractivity contribution in [3.8, 4) is 5.75 Å². The second-order valence-corrected chi connectivity index (χ2v) is 7.74. The first kappa shape index (κ1) is 19.5. The molecule has 31 heavy (non-hydrogen) atoms. The van der Waals surface area contributed by atoms with Gasteiger partial charge in [-0.1, -0.05) is 18.2 Å². The summed E-state index contributed by atoms with van der Waals surface area (Å²) in [5.74, 6) is 0.158. The van der Waals surface area contributed by atoms with Gasteiger partial charge in [0.15, 0.2) is 5.65 Å². The minimum absolute atomic E-state index is 0.0247. The lowest BCUT2D eigenvalue weighted by Crippen LogP contribution is -2.49. The molecule has 1 saturated heterocycles. The molecule has 2 aliphatic heterocycles. The number of likely N-dealkylation sites (N-methyl/N-ethyl adjacent to an activating group) is 1. The van der Waals surface area contributed by atoms with E-state index in [1.54, 1.807) is 23.7 Å². The van der Waals surface area contributed by atoms with Crippen molar-refractivity contribution in [3.05, 3.63) is 54.0 Å². The van der Waals surface area contributed by atoms with E-state index < -0.39 is 11.9 Å². The van der Waals surface area contributed by atoms with Crippen LogP contribution >= 0.6 is 0 Å². The molecule has 1 aromatic carbocycles. The normalized spacial score (nSPS) is 19.6. The fourth-order valence-electron chi connectivity index (χ4n) is 4.10. The zero-order valence-corrected chi connectivity index (χ0v) is 17.2. The van der Waals surface area contributed by atoms with Crippen molar-refractivity contribution in [1.82, 2.24) is 19.9 Å². The lowest BCUT2D eigenvalue weighted by Gasteiger charge is -2.22. The summed E-state index contributed by atoms with van der Waals surface area (Å²) in [6.45, 7) is 1.46. The van der Waals surface area contributed by atoms with Gasteiger partial charge in [-0.15, -0.1) is 5.10 Å². The second-order valence-electron chi connectivity index (χ2n) is 7.74. The summed E-state index contributed by atoms with van der Waals surface area (Å²) in [4.78, 5) is 31.7. The van der Waals surface area contributed by atoms with Crippen LogP contribution in [0.25, 0.3) is 5.65 Å². The number of benzene rings is 1. The van der Waals surface area contributed by atoms with Gasteiger partial charge in [0, 0.05) is 31.9 Å². The third-order valence-corrected chi connectivity index (χ3v) is 5.80. The Morgan fingerprint density at radius 1 is 1.13 bits per heavy atom. The molecule has 2 amide bonds. The number of para-hydroxylation sites is 2. The summed E-state index contributed by atoms with van der Waals surface area (Å²) < 4.78 is 12.9. The van der Waals surface area contributed by atoms with Crippen molar-refractivity contribution >= 4 is 23.1 Å².